The Morgan fingerprint density at radius 1 is 0.952 bits per heavy atom. The first kappa shape index (κ1) is 15.0. The van der Waals surface area contributed by atoms with Gasteiger partial charge in [-0.1, -0.05) is 13.8 Å². The summed E-state index contributed by atoms with van der Waals surface area (Å²) >= 11 is 0. The molecule has 3 nitrogen and oxygen atoms in total. The highest BCUT2D eigenvalue weighted by Crippen LogP contribution is 2.35. The van der Waals surface area contributed by atoms with Gasteiger partial charge in [0.25, 0.3) is 0 Å². The molecule has 2 heterocycles. The molecular formula is C18H29N3. The van der Waals surface area contributed by atoms with Crippen LogP contribution >= 0.6 is 0 Å². The van der Waals surface area contributed by atoms with E-state index in [1.54, 1.807) is 6.33 Å². The summed E-state index contributed by atoms with van der Waals surface area (Å²) in [6, 6.07) is 0.855. The third-order valence-corrected chi connectivity index (χ3v) is 5.78. The van der Waals surface area contributed by atoms with Crippen LogP contribution in [0.1, 0.15) is 63.9 Å². The maximum Gasteiger partial charge on any atom is 0.115 e. The lowest BCUT2D eigenvalue weighted by Crippen LogP contribution is -2.43. The fourth-order valence-corrected chi connectivity index (χ4v) is 4.25. The number of rotatable bonds is 3. The van der Waals surface area contributed by atoms with Crippen molar-refractivity contribution in [1.82, 2.24) is 14.9 Å². The van der Waals surface area contributed by atoms with E-state index in [1.165, 1.54) is 57.2 Å². The summed E-state index contributed by atoms with van der Waals surface area (Å²) in [4.78, 5) is 11.1. The van der Waals surface area contributed by atoms with Gasteiger partial charge in [-0.2, -0.15) is 0 Å². The number of nitrogens with zero attached hydrogens (tertiary/aromatic N) is 3. The van der Waals surface area contributed by atoms with E-state index in [0.29, 0.717) is 5.92 Å². The van der Waals surface area contributed by atoms with Crippen molar-refractivity contribution in [2.75, 3.05) is 13.1 Å². The van der Waals surface area contributed by atoms with Crippen molar-refractivity contribution in [3.8, 4) is 0 Å². The van der Waals surface area contributed by atoms with Crippen LogP contribution in [0.15, 0.2) is 18.7 Å². The molecule has 0 radical (unpaired) electrons. The second-order valence-corrected chi connectivity index (χ2v) is 7.29. The molecule has 0 bridgehead atoms. The Morgan fingerprint density at radius 2 is 1.57 bits per heavy atom. The highest BCUT2D eigenvalue weighted by Gasteiger charge is 2.30. The Bertz CT molecular complexity index is 415. The third kappa shape index (κ3) is 3.63. The maximum atomic E-state index is 4.17. The van der Waals surface area contributed by atoms with Crippen LogP contribution in [0, 0.1) is 11.8 Å². The Kier molecular flexibility index (Phi) is 4.89. The van der Waals surface area contributed by atoms with E-state index in [0.717, 1.165) is 17.9 Å². The molecule has 2 fully saturated rings. The second-order valence-electron chi connectivity index (χ2n) is 7.29. The zero-order valence-corrected chi connectivity index (χ0v) is 13.5. The maximum absolute atomic E-state index is 4.17. The summed E-state index contributed by atoms with van der Waals surface area (Å²) in [6.45, 7) is 7.30. The molecule has 0 N–H and O–H groups in total. The highest BCUT2D eigenvalue weighted by atomic mass is 15.2. The molecule has 3 rings (SSSR count). The molecule has 0 spiro atoms. The van der Waals surface area contributed by atoms with Gasteiger partial charge in [-0.3, -0.25) is 0 Å². The lowest BCUT2D eigenvalue weighted by atomic mass is 9.78. The van der Waals surface area contributed by atoms with Crippen molar-refractivity contribution < 1.29 is 0 Å². The molecule has 1 saturated heterocycles. The summed E-state index contributed by atoms with van der Waals surface area (Å²) in [7, 11) is 0. The summed E-state index contributed by atoms with van der Waals surface area (Å²) in [5.74, 6) is 2.52. The van der Waals surface area contributed by atoms with Crippen molar-refractivity contribution in [2.45, 2.75) is 64.3 Å². The summed E-state index contributed by atoms with van der Waals surface area (Å²) < 4.78 is 0. The Balaban J connectivity index is 1.48. The quantitative estimate of drug-likeness (QED) is 0.845. The van der Waals surface area contributed by atoms with Gasteiger partial charge in [-0.25, -0.2) is 9.97 Å². The fourth-order valence-electron chi connectivity index (χ4n) is 4.25. The minimum absolute atomic E-state index is 0.675. The monoisotopic (exact) mass is 287 g/mol. The van der Waals surface area contributed by atoms with Crippen LogP contribution in [0.3, 0.4) is 0 Å². The van der Waals surface area contributed by atoms with E-state index >= 15 is 0 Å². The minimum Gasteiger partial charge on any atom is -0.300 e. The van der Waals surface area contributed by atoms with Crippen molar-refractivity contribution >= 4 is 0 Å². The summed E-state index contributed by atoms with van der Waals surface area (Å²) in [6.07, 6.45) is 13.9. The van der Waals surface area contributed by atoms with Gasteiger partial charge < -0.3 is 4.90 Å². The zero-order chi connectivity index (χ0) is 14.7. The Hall–Kier alpha value is -0.960. The number of hydrogen-bond donors (Lipinski definition) is 0. The van der Waals surface area contributed by atoms with Crippen LogP contribution in [-0.2, 0) is 0 Å². The summed E-state index contributed by atoms with van der Waals surface area (Å²) in [5.41, 5.74) is 1.33. The highest BCUT2D eigenvalue weighted by molar-refractivity contribution is 5.11. The number of piperidine rings is 1. The van der Waals surface area contributed by atoms with E-state index in [4.69, 9.17) is 0 Å². The van der Waals surface area contributed by atoms with E-state index in [2.05, 4.69) is 28.7 Å². The average Bonchev–Trinajstić information content (AvgIpc) is 2.56. The third-order valence-electron chi connectivity index (χ3n) is 5.78. The van der Waals surface area contributed by atoms with Crippen LogP contribution in [-0.4, -0.2) is 34.0 Å². The first-order valence-electron chi connectivity index (χ1n) is 8.73. The van der Waals surface area contributed by atoms with Gasteiger partial charge in [0, 0.05) is 18.4 Å². The molecule has 1 aliphatic carbocycles. The van der Waals surface area contributed by atoms with Gasteiger partial charge in [0.05, 0.1) is 0 Å². The Morgan fingerprint density at radius 3 is 2.14 bits per heavy atom. The molecule has 0 atom stereocenters. The molecule has 1 aromatic rings. The van der Waals surface area contributed by atoms with Crippen LogP contribution in [0.4, 0.5) is 0 Å². The van der Waals surface area contributed by atoms with Crippen molar-refractivity contribution in [1.29, 1.82) is 0 Å². The molecule has 0 aromatic carbocycles. The van der Waals surface area contributed by atoms with E-state index in [1.807, 2.05) is 12.4 Å². The largest absolute Gasteiger partial charge is 0.300 e. The Labute approximate surface area is 129 Å². The summed E-state index contributed by atoms with van der Waals surface area (Å²) in [5, 5.41) is 0. The topological polar surface area (TPSA) is 29.0 Å². The lowest BCUT2D eigenvalue weighted by molar-refractivity contribution is 0.0981. The lowest BCUT2D eigenvalue weighted by Gasteiger charge is -2.41. The van der Waals surface area contributed by atoms with Gasteiger partial charge >= 0.3 is 0 Å². The molecule has 116 valence electrons. The van der Waals surface area contributed by atoms with Crippen LogP contribution < -0.4 is 0 Å². The molecule has 1 aromatic heterocycles. The predicted molar refractivity (Wildman–Crippen MR) is 86.2 cm³/mol. The van der Waals surface area contributed by atoms with E-state index in [9.17, 15) is 0 Å². The number of aromatic nitrogens is 2. The van der Waals surface area contributed by atoms with Gasteiger partial charge in [0.15, 0.2) is 0 Å². The van der Waals surface area contributed by atoms with E-state index < -0.39 is 0 Å². The molecule has 2 aliphatic rings. The van der Waals surface area contributed by atoms with Crippen LogP contribution in [0.2, 0.25) is 0 Å². The predicted octanol–water partition coefficient (Wildman–Crippen LogP) is 3.87. The molecule has 3 heteroatoms. The average molecular weight is 287 g/mol. The first-order valence-corrected chi connectivity index (χ1v) is 8.73. The van der Waals surface area contributed by atoms with Crippen molar-refractivity contribution in [3.05, 3.63) is 24.3 Å². The SMILES string of the molecule is CC(C)C1CCC(N2CCC(c3cncnc3)CC2)CC1. The van der Waals surface area contributed by atoms with Crippen molar-refractivity contribution in [2.24, 2.45) is 11.8 Å². The molecule has 1 aliphatic heterocycles. The fraction of sp³-hybridized carbons (Fsp3) is 0.778. The minimum atomic E-state index is 0.675. The van der Waals surface area contributed by atoms with Crippen LogP contribution in [0.25, 0.3) is 0 Å². The van der Waals surface area contributed by atoms with Crippen molar-refractivity contribution in [3.63, 3.8) is 0 Å². The van der Waals surface area contributed by atoms with Gasteiger partial charge in [-0.15, -0.1) is 0 Å². The second kappa shape index (κ2) is 6.87. The van der Waals surface area contributed by atoms with Gasteiger partial charge in [-0.05, 0) is 74.9 Å². The van der Waals surface area contributed by atoms with Gasteiger partial charge in [0.2, 0.25) is 0 Å². The van der Waals surface area contributed by atoms with Gasteiger partial charge in [0.1, 0.15) is 6.33 Å². The van der Waals surface area contributed by atoms with Crippen LogP contribution in [0.5, 0.6) is 0 Å². The molecule has 21 heavy (non-hydrogen) atoms. The molecule has 0 unspecified atom stereocenters. The number of likely N-dealkylation sites (tertiary alicyclic amines) is 1. The standard InChI is InChI=1S/C18H29N3/c1-14(2)15-3-5-18(6-4-15)21-9-7-16(8-10-21)17-11-19-13-20-12-17/h11-16,18H,3-10H2,1-2H3. The number of hydrogen-bond acceptors (Lipinski definition) is 3. The van der Waals surface area contributed by atoms with E-state index in [-0.39, 0.29) is 0 Å². The zero-order valence-electron chi connectivity index (χ0n) is 13.5. The molecular weight excluding hydrogens is 258 g/mol. The molecule has 1 saturated carbocycles. The molecule has 0 amide bonds. The smallest absolute Gasteiger partial charge is 0.115 e. The normalized spacial score (nSPS) is 28.9. The first-order chi connectivity index (χ1) is 10.2.